The van der Waals surface area contributed by atoms with Gasteiger partial charge in [-0.25, -0.2) is 4.99 Å². The number of benzene rings is 1. The molecule has 26 heavy (non-hydrogen) atoms. The molecule has 1 aromatic carbocycles. The van der Waals surface area contributed by atoms with Crippen LogP contribution in [0.5, 0.6) is 0 Å². The van der Waals surface area contributed by atoms with E-state index in [2.05, 4.69) is 27.1 Å². The van der Waals surface area contributed by atoms with Crippen LogP contribution in [0.1, 0.15) is 10.4 Å². The average Bonchev–Trinajstić information content (AvgIpc) is 3.11. The number of likely N-dealkylation sites (N-methyl/N-ethyl adjacent to an activating group) is 1. The lowest BCUT2D eigenvalue weighted by Gasteiger charge is -2.15. The third-order valence-electron chi connectivity index (χ3n) is 3.52. The molecule has 0 saturated carbocycles. The largest absolute Gasteiger partial charge is 0.356 e. The highest BCUT2D eigenvalue weighted by Crippen LogP contribution is 2.15. The van der Waals surface area contributed by atoms with Crippen molar-refractivity contribution in [2.24, 2.45) is 4.99 Å². The van der Waals surface area contributed by atoms with E-state index in [1.54, 1.807) is 30.3 Å². The zero-order chi connectivity index (χ0) is 18.1. The second-order valence-electron chi connectivity index (χ2n) is 5.65. The number of thiophene rings is 1. The molecule has 0 bridgehead atoms. The predicted octanol–water partition coefficient (Wildman–Crippen LogP) is 3.39. The Labute approximate surface area is 180 Å². The zero-order valence-corrected chi connectivity index (χ0v) is 18.8. The standard InChI is InChI=1S/C18H23ClN4OS.HI/c1-23(2)17(24)13-22-18(20-10-9-15-7-5-11-25-15)21-12-14-6-3-4-8-16(14)19;/h3-8,11H,9-10,12-13H2,1-2H3,(H2,20,21,22);1H. The summed E-state index contributed by atoms with van der Waals surface area (Å²) in [5, 5.41) is 9.11. The zero-order valence-electron chi connectivity index (χ0n) is 14.9. The van der Waals surface area contributed by atoms with Gasteiger partial charge in [0.15, 0.2) is 5.96 Å². The van der Waals surface area contributed by atoms with Crippen molar-refractivity contribution < 1.29 is 4.79 Å². The van der Waals surface area contributed by atoms with Gasteiger partial charge in [0.2, 0.25) is 5.91 Å². The third-order valence-corrected chi connectivity index (χ3v) is 4.82. The summed E-state index contributed by atoms with van der Waals surface area (Å²) in [4.78, 5) is 19.2. The second-order valence-corrected chi connectivity index (χ2v) is 7.09. The summed E-state index contributed by atoms with van der Waals surface area (Å²) in [7, 11) is 3.46. The number of amides is 1. The Morgan fingerprint density at radius 2 is 1.96 bits per heavy atom. The summed E-state index contributed by atoms with van der Waals surface area (Å²) >= 11 is 7.91. The Morgan fingerprint density at radius 1 is 1.19 bits per heavy atom. The number of aliphatic imine (C=N–C) groups is 1. The van der Waals surface area contributed by atoms with Crippen molar-refractivity contribution in [3.05, 3.63) is 57.2 Å². The van der Waals surface area contributed by atoms with Crippen LogP contribution in [0.15, 0.2) is 46.8 Å². The molecule has 0 atom stereocenters. The van der Waals surface area contributed by atoms with E-state index >= 15 is 0 Å². The van der Waals surface area contributed by atoms with Crippen LogP contribution in [-0.4, -0.2) is 44.0 Å². The van der Waals surface area contributed by atoms with Gasteiger partial charge in [0, 0.05) is 30.5 Å². The lowest BCUT2D eigenvalue weighted by Crippen LogP contribution is -2.43. The SMILES string of the molecule is CN(C)C(=O)CNC(=NCc1ccccc1Cl)NCCc1cccs1.I. The van der Waals surface area contributed by atoms with Crippen LogP contribution in [0, 0.1) is 0 Å². The highest BCUT2D eigenvalue weighted by molar-refractivity contribution is 14.0. The second kappa shape index (κ2) is 12.1. The van der Waals surface area contributed by atoms with E-state index in [-0.39, 0.29) is 36.4 Å². The van der Waals surface area contributed by atoms with Crippen LogP contribution in [-0.2, 0) is 17.8 Å². The number of halogens is 2. The fourth-order valence-corrected chi connectivity index (χ4v) is 2.95. The molecule has 142 valence electrons. The van der Waals surface area contributed by atoms with Gasteiger partial charge in [0.05, 0.1) is 13.1 Å². The van der Waals surface area contributed by atoms with Crippen LogP contribution in [0.4, 0.5) is 0 Å². The summed E-state index contributed by atoms with van der Waals surface area (Å²) < 4.78 is 0. The van der Waals surface area contributed by atoms with E-state index in [0.29, 0.717) is 17.5 Å². The van der Waals surface area contributed by atoms with Gasteiger partial charge in [-0.2, -0.15) is 0 Å². The van der Waals surface area contributed by atoms with E-state index < -0.39 is 0 Å². The summed E-state index contributed by atoms with van der Waals surface area (Å²) in [6, 6.07) is 11.8. The van der Waals surface area contributed by atoms with Crippen LogP contribution in [0.2, 0.25) is 5.02 Å². The quantitative estimate of drug-likeness (QED) is 0.344. The number of carbonyl (C=O) groups excluding carboxylic acids is 1. The molecule has 0 fully saturated rings. The number of nitrogens with one attached hydrogen (secondary N) is 2. The number of guanidine groups is 1. The molecule has 0 saturated heterocycles. The Bertz CT molecular complexity index is 707. The first-order chi connectivity index (χ1) is 12.1. The van der Waals surface area contributed by atoms with Crippen molar-refractivity contribution in [2.75, 3.05) is 27.2 Å². The lowest BCUT2D eigenvalue weighted by atomic mass is 10.2. The molecular weight excluding hydrogens is 483 g/mol. The van der Waals surface area contributed by atoms with Crippen molar-refractivity contribution in [3.63, 3.8) is 0 Å². The molecule has 1 amide bonds. The van der Waals surface area contributed by atoms with Crippen molar-refractivity contribution >= 4 is 58.8 Å². The van der Waals surface area contributed by atoms with Crippen LogP contribution in [0.25, 0.3) is 0 Å². The van der Waals surface area contributed by atoms with Crippen molar-refractivity contribution in [3.8, 4) is 0 Å². The van der Waals surface area contributed by atoms with E-state index in [1.807, 2.05) is 30.3 Å². The van der Waals surface area contributed by atoms with Gasteiger partial charge < -0.3 is 15.5 Å². The molecule has 0 aliphatic heterocycles. The number of carbonyl (C=O) groups is 1. The summed E-state index contributed by atoms with van der Waals surface area (Å²) in [6.45, 7) is 1.38. The molecule has 2 N–H and O–H groups in total. The Hall–Kier alpha value is -1.32. The number of hydrogen-bond donors (Lipinski definition) is 2. The summed E-state index contributed by atoms with van der Waals surface area (Å²) in [5.74, 6) is 0.595. The fraction of sp³-hybridized carbons (Fsp3) is 0.333. The first-order valence-electron chi connectivity index (χ1n) is 8.04. The van der Waals surface area contributed by atoms with Gasteiger partial charge in [-0.1, -0.05) is 35.9 Å². The Kier molecular flexibility index (Phi) is 10.6. The van der Waals surface area contributed by atoms with Crippen molar-refractivity contribution in [2.45, 2.75) is 13.0 Å². The first-order valence-corrected chi connectivity index (χ1v) is 9.30. The van der Waals surface area contributed by atoms with Gasteiger partial charge >= 0.3 is 0 Å². The molecule has 1 aromatic heterocycles. The van der Waals surface area contributed by atoms with E-state index in [0.717, 1.165) is 18.5 Å². The number of nitrogens with zero attached hydrogens (tertiary/aromatic N) is 2. The summed E-state index contributed by atoms with van der Waals surface area (Å²) in [5.41, 5.74) is 0.947. The van der Waals surface area contributed by atoms with E-state index in [1.165, 1.54) is 4.88 Å². The normalized spacial score (nSPS) is 10.8. The molecule has 0 radical (unpaired) electrons. The molecule has 1 heterocycles. The molecular formula is C18H24ClIN4OS. The molecule has 2 rings (SSSR count). The molecule has 2 aromatic rings. The Morgan fingerprint density at radius 3 is 2.62 bits per heavy atom. The van der Waals surface area contributed by atoms with E-state index in [9.17, 15) is 4.79 Å². The third kappa shape index (κ3) is 7.92. The van der Waals surface area contributed by atoms with Crippen LogP contribution < -0.4 is 10.6 Å². The van der Waals surface area contributed by atoms with Crippen molar-refractivity contribution in [1.82, 2.24) is 15.5 Å². The fourth-order valence-electron chi connectivity index (χ4n) is 2.04. The van der Waals surface area contributed by atoms with Crippen LogP contribution >= 0.6 is 46.9 Å². The molecule has 8 heteroatoms. The number of hydrogen-bond acceptors (Lipinski definition) is 3. The minimum absolute atomic E-state index is 0. The smallest absolute Gasteiger partial charge is 0.241 e. The van der Waals surface area contributed by atoms with Gasteiger partial charge in [0.1, 0.15) is 0 Å². The van der Waals surface area contributed by atoms with Crippen LogP contribution in [0.3, 0.4) is 0 Å². The topological polar surface area (TPSA) is 56.7 Å². The van der Waals surface area contributed by atoms with E-state index in [4.69, 9.17) is 11.6 Å². The molecule has 5 nitrogen and oxygen atoms in total. The maximum Gasteiger partial charge on any atom is 0.241 e. The van der Waals surface area contributed by atoms with Gasteiger partial charge in [-0.3, -0.25) is 4.79 Å². The number of rotatable bonds is 7. The molecule has 0 spiro atoms. The Balaban J connectivity index is 0.00000338. The van der Waals surface area contributed by atoms with Crippen molar-refractivity contribution in [1.29, 1.82) is 0 Å². The first kappa shape index (κ1) is 22.7. The molecule has 0 aliphatic rings. The van der Waals surface area contributed by atoms with Gasteiger partial charge in [-0.05, 0) is 29.5 Å². The maximum atomic E-state index is 11.8. The van der Waals surface area contributed by atoms with Gasteiger partial charge in [0.25, 0.3) is 0 Å². The summed E-state index contributed by atoms with van der Waals surface area (Å²) in [6.07, 6.45) is 0.909. The highest BCUT2D eigenvalue weighted by Gasteiger charge is 2.06. The molecule has 0 aliphatic carbocycles. The van der Waals surface area contributed by atoms with Gasteiger partial charge in [-0.15, -0.1) is 35.3 Å². The average molecular weight is 507 g/mol. The molecule has 0 unspecified atom stereocenters. The minimum Gasteiger partial charge on any atom is -0.356 e. The highest BCUT2D eigenvalue weighted by atomic mass is 127. The monoisotopic (exact) mass is 506 g/mol. The predicted molar refractivity (Wildman–Crippen MR) is 121 cm³/mol. The maximum absolute atomic E-state index is 11.8. The minimum atomic E-state index is -0.00880. The lowest BCUT2D eigenvalue weighted by molar-refractivity contribution is -0.127.